The molecule has 1 aliphatic rings. The second kappa shape index (κ2) is 10.5. The summed E-state index contributed by atoms with van der Waals surface area (Å²) in [5.74, 6) is 0.0650. The molecule has 30 heavy (non-hydrogen) atoms. The maximum atomic E-state index is 12.8. The lowest BCUT2D eigenvalue weighted by molar-refractivity contribution is 0.0518. The summed E-state index contributed by atoms with van der Waals surface area (Å²) in [5.41, 5.74) is 1.19. The molecule has 0 atom stereocenters. The zero-order valence-electron chi connectivity index (χ0n) is 17.2. The summed E-state index contributed by atoms with van der Waals surface area (Å²) in [6.45, 7) is 3.83. The first-order valence-electron chi connectivity index (χ1n) is 10.3. The van der Waals surface area contributed by atoms with Crippen LogP contribution in [0.25, 0.3) is 0 Å². The first-order valence-corrected chi connectivity index (χ1v) is 11.8. The number of nitrogens with zero attached hydrogens (tertiary/aromatic N) is 3. The highest BCUT2D eigenvalue weighted by atomic mass is 32.2. The average molecular weight is 433 g/mol. The lowest BCUT2D eigenvalue weighted by Crippen LogP contribution is -2.31. The van der Waals surface area contributed by atoms with Crippen molar-refractivity contribution in [3.05, 3.63) is 47.7 Å². The Bertz CT molecular complexity index is 922. The molecule has 3 rings (SSSR count). The molecule has 0 unspecified atom stereocenters. The van der Waals surface area contributed by atoms with Crippen molar-refractivity contribution in [3.63, 3.8) is 0 Å². The maximum absolute atomic E-state index is 12.8. The van der Waals surface area contributed by atoms with Gasteiger partial charge in [-0.15, -0.1) is 10.2 Å². The van der Waals surface area contributed by atoms with Crippen LogP contribution < -0.4 is 5.32 Å². The Labute approximate surface area is 177 Å². The molecule has 9 heteroatoms. The van der Waals surface area contributed by atoms with Crippen LogP contribution in [-0.2, 0) is 21.2 Å². The third-order valence-corrected chi connectivity index (χ3v) is 6.91. The van der Waals surface area contributed by atoms with Gasteiger partial charge in [-0.2, -0.15) is 4.31 Å². The predicted octanol–water partition coefficient (Wildman–Crippen LogP) is 2.87. The van der Waals surface area contributed by atoms with Crippen LogP contribution in [0.5, 0.6) is 0 Å². The minimum absolute atomic E-state index is 0.170. The van der Waals surface area contributed by atoms with Gasteiger partial charge in [0.15, 0.2) is 5.69 Å². The highest BCUT2D eigenvalue weighted by Gasteiger charge is 2.24. The zero-order valence-corrected chi connectivity index (χ0v) is 18.0. The lowest BCUT2D eigenvalue weighted by atomic mass is 10.1. The molecule has 0 radical (unpaired) electrons. The summed E-state index contributed by atoms with van der Waals surface area (Å²) < 4.78 is 32.1. The largest absolute Gasteiger partial charge is 0.461 e. The molecule has 1 saturated heterocycles. The van der Waals surface area contributed by atoms with E-state index in [1.165, 1.54) is 0 Å². The molecule has 0 amide bonds. The Balaban J connectivity index is 1.53. The Morgan fingerprint density at radius 2 is 1.73 bits per heavy atom. The fourth-order valence-corrected chi connectivity index (χ4v) is 4.85. The van der Waals surface area contributed by atoms with E-state index in [2.05, 4.69) is 15.5 Å². The topological polar surface area (TPSA) is 101 Å². The summed E-state index contributed by atoms with van der Waals surface area (Å²) >= 11 is 0. The van der Waals surface area contributed by atoms with Crippen molar-refractivity contribution in [2.45, 2.75) is 43.9 Å². The number of hydrogen-bond acceptors (Lipinski definition) is 7. The Morgan fingerprint density at radius 1 is 1.03 bits per heavy atom. The monoisotopic (exact) mass is 432 g/mol. The van der Waals surface area contributed by atoms with Gasteiger partial charge >= 0.3 is 5.97 Å². The number of nitrogens with one attached hydrogen (secondary N) is 1. The molecule has 2 heterocycles. The van der Waals surface area contributed by atoms with Gasteiger partial charge in [0.05, 0.1) is 11.5 Å². The van der Waals surface area contributed by atoms with E-state index in [-0.39, 0.29) is 5.69 Å². The van der Waals surface area contributed by atoms with Gasteiger partial charge in [0.25, 0.3) is 0 Å². The van der Waals surface area contributed by atoms with Crippen LogP contribution in [-0.4, -0.2) is 55.1 Å². The van der Waals surface area contributed by atoms with Crippen LogP contribution >= 0.6 is 0 Å². The molecule has 1 aromatic carbocycles. The average Bonchev–Trinajstić information content (AvgIpc) is 3.05. The van der Waals surface area contributed by atoms with Crippen molar-refractivity contribution >= 4 is 21.8 Å². The first-order chi connectivity index (χ1) is 14.5. The van der Waals surface area contributed by atoms with E-state index >= 15 is 0 Å². The highest BCUT2D eigenvalue weighted by Crippen LogP contribution is 2.20. The summed E-state index contributed by atoms with van der Waals surface area (Å²) in [5, 5.41) is 11.0. The van der Waals surface area contributed by atoms with Crippen LogP contribution in [0.1, 0.15) is 48.7 Å². The van der Waals surface area contributed by atoms with Gasteiger partial charge in [-0.3, -0.25) is 0 Å². The van der Waals surface area contributed by atoms with E-state index in [4.69, 9.17) is 4.74 Å². The lowest BCUT2D eigenvalue weighted by Gasteiger charge is -2.20. The van der Waals surface area contributed by atoms with E-state index in [1.807, 2.05) is 12.1 Å². The third-order valence-electron chi connectivity index (χ3n) is 5.00. The quantitative estimate of drug-likeness (QED) is 0.640. The molecular weight excluding hydrogens is 404 g/mol. The molecule has 0 spiro atoms. The molecule has 1 N–H and O–H groups in total. The number of hydrogen-bond donors (Lipinski definition) is 1. The van der Waals surface area contributed by atoms with Crippen LogP contribution in [0.2, 0.25) is 0 Å². The number of anilines is 1. The molecule has 0 saturated carbocycles. The number of aromatic nitrogens is 2. The second-order valence-electron chi connectivity index (χ2n) is 7.16. The molecule has 162 valence electrons. The predicted molar refractivity (Wildman–Crippen MR) is 114 cm³/mol. The van der Waals surface area contributed by atoms with Crippen molar-refractivity contribution in [1.82, 2.24) is 14.5 Å². The van der Waals surface area contributed by atoms with Crippen molar-refractivity contribution < 1.29 is 17.9 Å². The molecule has 1 aromatic heterocycles. The first kappa shape index (κ1) is 22.2. The number of carbonyl (C=O) groups is 1. The molecule has 8 nitrogen and oxygen atoms in total. The molecule has 0 aliphatic carbocycles. The van der Waals surface area contributed by atoms with Crippen LogP contribution in [0.3, 0.4) is 0 Å². The minimum atomic E-state index is -3.42. The van der Waals surface area contributed by atoms with Gasteiger partial charge in [0.1, 0.15) is 5.82 Å². The molecule has 2 aromatic rings. The van der Waals surface area contributed by atoms with Crippen LogP contribution in [0.15, 0.2) is 41.3 Å². The summed E-state index contributed by atoms with van der Waals surface area (Å²) in [4.78, 5) is 11.9. The Hall–Kier alpha value is -2.52. The summed E-state index contributed by atoms with van der Waals surface area (Å²) in [7, 11) is -3.42. The van der Waals surface area contributed by atoms with Crippen LogP contribution in [0.4, 0.5) is 5.82 Å². The SMILES string of the molecule is CCOC(=O)c1ccc(NCCc2ccc(S(=O)(=O)N3CCCCCC3)cc2)nn1. The van der Waals surface area contributed by atoms with Gasteiger partial charge in [0, 0.05) is 19.6 Å². The Morgan fingerprint density at radius 3 is 2.33 bits per heavy atom. The third kappa shape index (κ3) is 5.76. The number of rotatable bonds is 8. The molecular formula is C21H28N4O4S. The number of ether oxygens (including phenoxy) is 1. The summed E-state index contributed by atoms with van der Waals surface area (Å²) in [6.07, 6.45) is 4.73. The Kier molecular flexibility index (Phi) is 7.75. The van der Waals surface area contributed by atoms with Gasteiger partial charge in [-0.05, 0) is 56.0 Å². The van der Waals surface area contributed by atoms with Gasteiger partial charge < -0.3 is 10.1 Å². The number of esters is 1. The van der Waals surface area contributed by atoms with Crippen molar-refractivity contribution in [2.24, 2.45) is 0 Å². The van der Waals surface area contributed by atoms with Gasteiger partial charge in [-0.1, -0.05) is 25.0 Å². The molecule has 0 bridgehead atoms. The molecule has 1 fully saturated rings. The normalized spacial score (nSPS) is 15.4. The highest BCUT2D eigenvalue weighted by molar-refractivity contribution is 7.89. The minimum Gasteiger partial charge on any atom is -0.461 e. The summed E-state index contributed by atoms with van der Waals surface area (Å²) in [6, 6.07) is 10.3. The van der Waals surface area contributed by atoms with E-state index < -0.39 is 16.0 Å². The van der Waals surface area contributed by atoms with E-state index in [0.717, 1.165) is 31.2 Å². The fourth-order valence-electron chi connectivity index (χ4n) is 3.33. The van der Waals surface area contributed by atoms with Crippen molar-refractivity contribution in [3.8, 4) is 0 Å². The van der Waals surface area contributed by atoms with Gasteiger partial charge in [0.2, 0.25) is 10.0 Å². The number of benzene rings is 1. The standard InChI is InChI=1S/C21H28N4O4S/c1-2-29-21(26)19-11-12-20(24-23-19)22-14-13-17-7-9-18(10-8-17)30(27,28)25-15-5-3-4-6-16-25/h7-12H,2-6,13-16H2,1H3,(H,22,24). The molecule has 1 aliphatic heterocycles. The van der Waals surface area contributed by atoms with Crippen molar-refractivity contribution in [1.29, 1.82) is 0 Å². The van der Waals surface area contributed by atoms with Crippen LogP contribution in [0, 0.1) is 0 Å². The van der Waals surface area contributed by atoms with E-state index in [9.17, 15) is 13.2 Å². The second-order valence-corrected chi connectivity index (χ2v) is 9.10. The van der Waals surface area contributed by atoms with E-state index in [1.54, 1.807) is 35.5 Å². The van der Waals surface area contributed by atoms with E-state index in [0.29, 0.717) is 43.4 Å². The smallest absolute Gasteiger partial charge is 0.358 e. The number of carbonyl (C=O) groups excluding carboxylic acids is 1. The fraction of sp³-hybridized carbons (Fsp3) is 0.476. The van der Waals surface area contributed by atoms with Crippen molar-refractivity contribution in [2.75, 3.05) is 31.6 Å². The van der Waals surface area contributed by atoms with Gasteiger partial charge in [-0.25, -0.2) is 13.2 Å². The maximum Gasteiger partial charge on any atom is 0.358 e. The number of sulfonamides is 1. The zero-order chi connectivity index (χ0) is 21.4.